The molecule has 3 saturated carbocycles. The minimum atomic E-state index is -0.978. The number of piperazine rings is 2. The SMILES string of the molecule is CC(C)(C)OC(=O)N1CCNCC1.N[C@H](C(=O)N1CC(c2cc(F)ccc2F)=C[C@H]1c1ccccc1)C1CC1.O=C(Cl)Oc1ccc([N+](=O)[O-])cc1.O=C(N[C@H](C(=O)N1CC(c2cc(F)ccc2F)=C[C@H]1c1ccccc1)C1CC1)N1CCNCC1.O=C(N[C@H](C(=O)N1CC(c2cc(F)ccc2F)=C[C@H]1c1ccccc1)C1CC1)Oc1ccc([N+](=O)[O-])cc1. The van der Waals surface area contributed by atoms with Crippen LogP contribution in [-0.2, 0) is 19.1 Å². The van der Waals surface area contributed by atoms with Gasteiger partial charge in [-0.05, 0) is 189 Å². The first-order valence-electron chi connectivity index (χ1n) is 40.5. The number of nitrogens with zero attached hydrogens (tertiary/aromatic N) is 7. The molecule has 33 heteroatoms. The molecule has 8 aliphatic rings. The molecule has 6 atom stereocenters. The summed E-state index contributed by atoms with van der Waals surface area (Å²) in [5.74, 6) is -3.46. The lowest BCUT2D eigenvalue weighted by atomic mass is 10.0. The summed E-state index contributed by atoms with van der Waals surface area (Å²) >= 11 is 4.92. The Morgan fingerprint density at radius 3 is 1.14 bits per heavy atom. The fourth-order valence-electron chi connectivity index (χ4n) is 14.7. The largest absolute Gasteiger partial charge is 0.444 e. The van der Waals surface area contributed by atoms with Gasteiger partial charge in [0.25, 0.3) is 11.4 Å². The Morgan fingerprint density at radius 2 is 0.798 bits per heavy atom. The quantitative estimate of drug-likeness (QED) is 0.0231. The number of carbonyl (C=O) groups is 7. The lowest BCUT2D eigenvalue weighted by Crippen LogP contribution is -2.56. The number of nitro groups is 2. The summed E-state index contributed by atoms with van der Waals surface area (Å²) in [5.41, 5.74) is 9.19. The molecule has 0 radical (unpaired) electrons. The number of nitrogens with two attached hydrogens (primary N) is 1. The van der Waals surface area contributed by atoms with Crippen LogP contribution in [0.15, 0.2) is 212 Å². The van der Waals surface area contributed by atoms with Crippen molar-refractivity contribution in [2.24, 2.45) is 23.5 Å². The van der Waals surface area contributed by atoms with Crippen LogP contribution in [0, 0.1) is 72.9 Å². The van der Waals surface area contributed by atoms with E-state index in [-0.39, 0.29) is 118 Å². The Morgan fingerprint density at radius 1 is 0.460 bits per heavy atom. The van der Waals surface area contributed by atoms with E-state index in [0.717, 1.165) is 137 Å². The van der Waals surface area contributed by atoms with Crippen molar-refractivity contribution in [1.29, 1.82) is 0 Å². The molecule has 8 aromatic carbocycles. The van der Waals surface area contributed by atoms with Crippen LogP contribution >= 0.6 is 11.6 Å². The summed E-state index contributed by atoms with van der Waals surface area (Å²) in [6.07, 6.45) is 9.49. The molecule has 6 N–H and O–H groups in total. The van der Waals surface area contributed by atoms with Crippen molar-refractivity contribution < 1.29 is 84.0 Å². The molecule has 0 unspecified atom stereocenters. The van der Waals surface area contributed by atoms with Gasteiger partial charge in [0, 0.05) is 125 Å². The predicted molar refractivity (Wildman–Crippen MR) is 450 cm³/mol. The molecule has 5 heterocycles. The van der Waals surface area contributed by atoms with E-state index in [9.17, 15) is 80.1 Å². The van der Waals surface area contributed by atoms with Crippen LogP contribution in [0.4, 0.5) is 56.9 Å². The highest BCUT2D eigenvalue weighted by Gasteiger charge is 2.46. The van der Waals surface area contributed by atoms with Crippen molar-refractivity contribution in [2.75, 3.05) is 72.0 Å². The van der Waals surface area contributed by atoms with Crippen LogP contribution in [0.5, 0.6) is 11.5 Å². The van der Waals surface area contributed by atoms with Gasteiger partial charge in [0.05, 0.1) is 34.0 Å². The molecule has 26 nitrogen and oxygen atoms in total. The summed E-state index contributed by atoms with van der Waals surface area (Å²) in [4.78, 5) is 116. The molecule has 8 aromatic rings. The van der Waals surface area contributed by atoms with Crippen molar-refractivity contribution in [3.05, 3.63) is 301 Å². The van der Waals surface area contributed by atoms with Crippen molar-refractivity contribution in [3.8, 4) is 11.5 Å². The number of rotatable bonds is 18. The number of carbonyl (C=O) groups excluding carboxylic acids is 7. The van der Waals surface area contributed by atoms with Crippen molar-refractivity contribution in [2.45, 2.75) is 101 Å². The van der Waals surface area contributed by atoms with Gasteiger partial charge in [0.1, 0.15) is 64.1 Å². The molecule has 0 aromatic heterocycles. The van der Waals surface area contributed by atoms with Crippen molar-refractivity contribution in [1.82, 2.24) is 45.8 Å². The second kappa shape index (κ2) is 41.4. The summed E-state index contributed by atoms with van der Waals surface area (Å²) in [7, 11) is 0. The van der Waals surface area contributed by atoms with Crippen LogP contribution in [-0.4, -0.2) is 171 Å². The number of hydrogen-bond acceptors (Lipinski definition) is 17. The second-order valence-corrected chi connectivity index (χ2v) is 32.0. The topological polar surface area (TPSA) is 324 Å². The van der Waals surface area contributed by atoms with Crippen molar-refractivity contribution >= 4 is 81.1 Å². The summed E-state index contributed by atoms with van der Waals surface area (Å²) in [6, 6.07) is 44.6. The van der Waals surface area contributed by atoms with Crippen molar-refractivity contribution in [3.63, 3.8) is 0 Å². The molecule has 124 heavy (non-hydrogen) atoms. The minimum Gasteiger partial charge on any atom is -0.444 e. The van der Waals surface area contributed by atoms with E-state index in [4.69, 9.17) is 26.8 Å². The van der Waals surface area contributed by atoms with Gasteiger partial charge in [-0.15, -0.1) is 0 Å². The second-order valence-electron chi connectivity index (χ2n) is 31.7. The number of amides is 7. The first-order valence-corrected chi connectivity index (χ1v) is 40.9. The van der Waals surface area contributed by atoms with Gasteiger partial charge in [-0.25, -0.2) is 45.5 Å². The summed E-state index contributed by atoms with van der Waals surface area (Å²) in [6.45, 7) is 11.9. The third-order valence-corrected chi connectivity index (χ3v) is 21.6. The lowest BCUT2D eigenvalue weighted by Gasteiger charge is -2.33. The molecule has 5 fully saturated rings. The highest BCUT2D eigenvalue weighted by atomic mass is 35.5. The molecule has 650 valence electrons. The third kappa shape index (κ3) is 24.6. The number of urea groups is 1. The average molecular weight is 1730 g/mol. The molecule has 7 amide bonds. The maximum absolute atomic E-state index is 14.6. The van der Waals surface area contributed by atoms with Gasteiger partial charge in [0.15, 0.2) is 0 Å². The van der Waals surface area contributed by atoms with Crippen LogP contribution < -0.4 is 36.5 Å². The number of non-ortho nitro benzene ring substituents is 2. The van der Waals surface area contributed by atoms with E-state index in [1.54, 1.807) is 30.6 Å². The predicted octanol–water partition coefficient (Wildman–Crippen LogP) is 15.6. The van der Waals surface area contributed by atoms with Gasteiger partial charge in [0.2, 0.25) is 17.7 Å². The van der Waals surface area contributed by atoms with Gasteiger partial charge < -0.3 is 65.7 Å². The van der Waals surface area contributed by atoms with Crippen LogP contribution in [0.25, 0.3) is 16.7 Å². The van der Waals surface area contributed by atoms with E-state index < -0.39 is 86.5 Å². The fraction of sp³-hybridized carbons (Fsp3) is 0.330. The summed E-state index contributed by atoms with van der Waals surface area (Å²) in [5, 5.41) is 33.1. The number of nitro benzene ring substituents is 2. The Hall–Kier alpha value is -12.8. The number of ether oxygens (including phenoxy) is 3. The zero-order valence-electron chi connectivity index (χ0n) is 68.0. The van der Waals surface area contributed by atoms with Gasteiger partial charge in [-0.3, -0.25) is 34.6 Å². The van der Waals surface area contributed by atoms with E-state index in [2.05, 4.69) is 26.0 Å². The first kappa shape index (κ1) is 90.5. The third-order valence-electron chi connectivity index (χ3n) is 21.6. The summed E-state index contributed by atoms with van der Waals surface area (Å²) < 4.78 is 99.8. The fourth-order valence-corrected chi connectivity index (χ4v) is 14.8. The number of benzene rings is 8. The molecule has 0 spiro atoms. The van der Waals surface area contributed by atoms with Crippen LogP contribution in [0.3, 0.4) is 0 Å². The van der Waals surface area contributed by atoms with Gasteiger partial charge in [-0.2, -0.15) is 0 Å². The van der Waals surface area contributed by atoms with E-state index in [1.807, 2.05) is 124 Å². The molecule has 0 bridgehead atoms. The smallest absolute Gasteiger partial charge is 0.413 e. The lowest BCUT2D eigenvalue weighted by molar-refractivity contribution is -0.385. The van der Waals surface area contributed by atoms with Crippen LogP contribution in [0.2, 0.25) is 0 Å². The zero-order valence-corrected chi connectivity index (χ0v) is 68.7. The Kier molecular flexibility index (Phi) is 30.2. The molecular weight excluding hydrogens is 1630 g/mol. The molecule has 5 aliphatic heterocycles. The maximum atomic E-state index is 14.6. The molecule has 16 rings (SSSR count). The Bertz CT molecular complexity index is 5270. The monoisotopic (exact) mass is 1730 g/mol. The highest BCUT2D eigenvalue weighted by Crippen LogP contribution is 2.44. The van der Waals surface area contributed by atoms with E-state index >= 15 is 0 Å². The highest BCUT2D eigenvalue weighted by molar-refractivity contribution is 6.61. The van der Waals surface area contributed by atoms with Crippen LogP contribution in [0.1, 0.15) is 111 Å². The standard InChI is InChI=1S/C28H23F2N3O5.C26H28F2N4O2.C21H20F2N2O.C9H18N2O2.C7H4ClNO4/c29-20-8-13-24(30)23(15-20)19-14-25(17-4-2-1-3-5-17)32(16-19)27(34)26(18-6-7-18)31-28(35)38-22-11-9-21(10-12-22)33(36)37;27-20-8-9-22(28)21(15-20)19-14-23(17-4-2-1-3-5-17)32(16-19)25(33)24(18-6-7-18)30-26(34)31-12-10-29-11-13-31;22-16-8-9-18(23)17(11-16)15-10-19(13-4-2-1-3-5-13)25(12-15)21(26)20(24)14-6-7-14;1-9(2,3)13-8(12)11-6-4-10-5-7-11;8-7(10)13-6-3-1-5(2-4-6)9(11)12/h1-5,8-15,18,25-26H,6-7,16H2,(H,31,35);1-5,8-9,14-15,18,23-24,29H,6-7,10-13,16H2,(H,30,34);1-5,8-11,14,19-20H,6-7,12,24H2;10H,4-7H2,1-3H3;1-4H/t25-,26-;23-,24-;19-,20-;;/m000../s1. The molecule has 2 saturated heterocycles. The van der Waals surface area contributed by atoms with E-state index in [0.29, 0.717) is 29.8 Å². The Balaban J connectivity index is 0.000000150. The average Bonchev–Trinajstić information content (AvgIpc) is 1.63. The molecular formula is C91H93ClF6N12O14. The normalized spacial score (nSPS) is 18.5. The zero-order chi connectivity index (χ0) is 88.5. The number of hydrogen-bond donors (Lipinski definition) is 5. The van der Waals surface area contributed by atoms with Gasteiger partial charge in [-0.1, -0.05) is 109 Å². The first-order chi connectivity index (χ1) is 59.4. The Labute approximate surface area is 716 Å². The van der Waals surface area contributed by atoms with E-state index in [1.165, 1.54) is 60.7 Å². The minimum absolute atomic E-state index is 0.0288. The number of halogens is 7. The number of nitrogens with one attached hydrogen (secondary N) is 4. The van der Waals surface area contributed by atoms with Gasteiger partial charge >= 0.3 is 23.6 Å². The molecule has 3 aliphatic carbocycles. The maximum Gasteiger partial charge on any atom is 0.413 e.